The molecular formula is C17H13FO2S. The molecule has 0 fully saturated rings. The lowest BCUT2D eigenvalue weighted by molar-refractivity contribution is 0.300. The molecule has 0 unspecified atom stereocenters. The number of rotatable bonds is 3. The van der Waals surface area contributed by atoms with E-state index in [9.17, 15) is 4.39 Å². The zero-order chi connectivity index (χ0) is 14.8. The van der Waals surface area contributed by atoms with Crippen molar-refractivity contribution < 1.29 is 13.5 Å². The summed E-state index contributed by atoms with van der Waals surface area (Å²) in [6.07, 6.45) is 0. The first kappa shape index (κ1) is 13.8. The van der Waals surface area contributed by atoms with E-state index < -0.39 is 0 Å². The number of aryl methyl sites for hydroxylation is 1. The molecule has 0 atom stereocenters. The summed E-state index contributed by atoms with van der Waals surface area (Å²) in [4.78, 5) is 0. The second kappa shape index (κ2) is 5.66. The Labute approximate surface area is 126 Å². The van der Waals surface area contributed by atoms with E-state index in [2.05, 4.69) is 0 Å². The standard InChI is InChI=1S/C17H13FO2S/c1-11-8-17(21)20-16-9-13(6-7-14(11)16)19-10-12-4-2-3-5-15(12)18/h2-9H,10H2,1H3. The molecule has 0 bridgehead atoms. The largest absolute Gasteiger partial charge is 0.489 e. The highest BCUT2D eigenvalue weighted by Gasteiger charge is 2.05. The fourth-order valence-electron chi connectivity index (χ4n) is 2.17. The van der Waals surface area contributed by atoms with Gasteiger partial charge >= 0.3 is 0 Å². The fraction of sp³-hybridized carbons (Fsp3) is 0.118. The molecule has 3 rings (SSSR count). The Hall–Kier alpha value is -2.20. The topological polar surface area (TPSA) is 22.4 Å². The normalized spacial score (nSPS) is 10.8. The van der Waals surface area contributed by atoms with Crippen LogP contribution >= 0.6 is 12.2 Å². The maximum Gasteiger partial charge on any atom is 0.191 e. The SMILES string of the molecule is Cc1cc(=S)oc2cc(OCc3ccccc3F)ccc12. The molecule has 0 radical (unpaired) electrons. The minimum absolute atomic E-state index is 0.171. The molecule has 0 amide bonds. The number of ether oxygens (including phenoxy) is 1. The van der Waals surface area contributed by atoms with Gasteiger partial charge in [0.25, 0.3) is 0 Å². The minimum Gasteiger partial charge on any atom is -0.489 e. The van der Waals surface area contributed by atoms with E-state index >= 15 is 0 Å². The van der Waals surface area contributed by atoms with Crippen LogP contribution in [0.15, 0.2) is 52.9 Å². The average molecular weight is 300 g/mol. The van der Waals surface area contributed by atoms with Crippen molar-refractivity contribution in [3.63, 3.8) is 0 Å². The summed E-state index contributed by atoms with van der Waals surface area (Å²) in [5, 5.41) is 0.988. The molecular weight excluding hydrogens is 287 g/mol. The molecule has 0 aliphatic rings. The number of fused-ring (bicyclic) bond motifs is 1. The predicted octanol–water partition coefficient (Wildman–Crippen LogP) is 5.19. The van der Waals surface area contributed by atoms with E-state index in [0.717, 1.165) is 10.9 Å². The number of hydrogen-bond donors (Lipinski definition) is 0. The molecule has 0 N–H and O–H groups in total. The van der Waals surface area contributed by atoms with E-state index in [-0.39, 0.29) is 12.4 Å². The van der Waals surface area contributed by atoms with Crippen molar-refractivity contribution >= 4 is 23.2 Å². The number of halogens is 1. The maximum atomic E-state index is 13.5. The van der Waals surface area contributed by atoms with Crippen LogP contribution in [0.4, 0.5) is 4.39 Å². The van der Waals surface area contributed by atoms with Crippen LogP contribution in [0.3, 0.4) is 0 Å². The van der Waals surface area contributed by atoms with Crippen LogP contribution in [0, 0.1) is 17.4 Å². The maximum absolute atomic E-state index is 13.5. The second-order valence-electron chi connectivity index (χ2n) is 4.79. The van der Waals surface area contributed by atoms with E-state index in [1.807, 2.05) is 25.1 Å². The summed E-state index contributed by atoms with van der Waals surface area (Å²) in [6, 6.07) is 13.9. The molecule has 3 aromatic rings. The molecule has 4 heteroatoms. The lowest BCUT2D eigenvalue weighted by Crippen LogP contribution is -1.98. The Balaban J connectivity index is 1.88. The molecule has 0 saturated carbocycles. The summed E-state index contributed by atoms with van der Waals surface area (Å²) >= 11 is 5.07. The Kier molecular flexibility index (Phi) is 3.71. The number of benzene rings is 2. The van der Waals surface area contributed by atoms with Crippen molar-refractivity contribution in [1.29, 1.82) is 0 Å². The first-order valence-corrected chi connectivity index (χ1v) is 6.95. The molecule has 0 aliphatic carbocycles. The molecule has 0 aliphatic heterocycles. The number of hydrogen-bond acceptors (Lipinski definition) is 3. The van der Waals surface area contributed by atoms with Crippen LogP contribution in [-0.4, -0.2) is 0 Å². The Bertz CT molecular complexity index is 855. The summed E-state index contributed by atoms with van der Waals surface area (Å²) in [5.74, 6) is 0.348. The average Bonchev–Trinajstić information content (AvgIpc) is 2.46. The Morgan fingerprint density at radius 2 is 1.95 bits per heavy atom. The summed E-state index contributed by atoms with van der Waals surface area (Å²) in [7, 11) is 0. The smallest absolute Gasteiger partial charge is 0.191 e. The van der Waals surface area contributed by atoms with Crippen LogP contribution < -0.4 is 4.74 Å². The highest BCUT2D eigenvalue weighted by Crippen LogP contribution is 2.25. The van der Waals surface area contributed by atoms with Crippen molar-refractivity contribution in [2.24, 2.45) is 0 Å². The molecule has 0 saturated heterocycles. The third-order valence-electron chi connectivity index (χ3n) is 3.28. The molecule has 2 nitrogen and oxygen atoms in total. The van der Waals surface area contributed by atoms with E-state index in [0.29, 0.717) is 21.6 Å². The Morgan fingerprint density at radius 3 is 2.76 bits per heavy atom. The quantitative estimate of drug-likeness (QED) is 0.622. The summed E-state index contributed by atoms with van der Waals surface area (Å²) in [6.45, 7) is 2.15. The van der Waals surface area contributed by atoms with Crippen LogP contribution in [0.25, 0.3) is 11.0 Å². The zero-order valence-electron chi connectivity index (χ0n) is 11.4. The Morgan fingerprint density at radius 1 is 1.14 bits per heavy atom. The van der Waals surface area contributed by atoms with E-state index in [4.69, 9.17) is 21.4 Å². The molecule has 21 heavy (non-hydrogen) atoms. The first-order valence-electron chi connectivity index (χ1n) is 6.54. The van der Waals surface area contributed by atoms with Crippen LogP contribution in [0.1, 0.15) is 11.1 Å². The van der Waals surface area contributed by atoms with Crippen molar-refractivity contribution in [3.8, 4) is 5.75 Å². The van der Waals surface area contributed by atoms with Gasteiger partial charge in [0.05, 0.1) is 0 Å². The summed E-state index contributed by atoms with van der Waals surface area (Å²) in [5.41, 5.74) is 2.25. The van der Waals surface area contributed by atoms with Crippen molar-refractivity contribution in [1.82, 2.24) is 0 Å². The summed E-state index contributed by atoms with van der Waals surface area (Å²) < 4.78 is 25.1. The van der Waals surface area contributed by atoms with Crippen LogP contribution in [0.2, 0.25) is 0 Å². The van der Waals surface area contributed by atoms with Gasteiger partial charge in [-0.15, -0.1) is 0 Å². The fourth-order valence-corrected chi connectivity index (χ4v) is 2.44. The van der Waals surface area contributed by atoms with Gasteiger partial charge in [-0.25, -0.2) is 4.39 Å². The third-order valence-corrected chi connectivity index (χ3v) is 3.48. The van der Waals surface area contributed by atoms with Gasteiger partial charge in [0, 0.05) is 17.0 Å². The molecule has 106 valence electrons. The van der Waals surface area contributed by atoms with Crippen LogP contribution in [-0.2, 0) is 6.61 Å². The van der Waals surface area contributed by atoms with Gasteiger partial charge in [-0.3, -0.25) is 0 Å². The highest BCUT2D eigenvalue weighted by molar-refractivity contribution is 7.71. The predicted molar refractivity (Wildman–Crippen MR) is 82.5 cm³/mol. The second-order valence-corrected chi connectivity index (χ2v) is 5.19. The van der Waals surface area contributed by atoms with Gasteiger partial charge in [-0.2, -0.15) is 0 Å². The monoisotopic (exact) mass is 300 g/mol. The molecule has 0 spiro atoms. The minimum atomic E-state index is -0.272. The van der Waals surface area contributed by atoms with Crippen molar-refractivity contribution in [3.05, 3.63) is 70.2 Å². The molecule has 1 aromatic heterocycles. The van der Waals surface area contributed by atoms with Gasteiger partial charge in [0.15, 0.2) is 4.71 Å². The zero-order valence-corrected chi connectivity index (χ0v) is 12.2. The lowest BCUT2D eigenvalue weighted by atomic mass is 10.1. The third kappa shape index (κ3) is 2.95. The first-order chi connectivity index (χ1) is 10.1. The lowest BCUT2D eigenvalue weighted by Gasteiger charge is -2.08. The van der Waals surface area contributed by atoms with E-state index in [1.54, 1.807) is 24.3 Å². The molecule has 2 aromatic carbocycles. The van der Waals surface area contributed by atoms with Gasteiger partial charge in [-0.05, 0) is 49.0 Å². The van der Waals surface area contributed by atoms with Gasteiger partial charge in [0.1, 0.15) is 23.8 Å². The molecule has 1 heterocycles. The van der Waals surface area contributed by atoms with Gasteiger partial charge in [0.2, 0.25) is 0 Å². The van der Waals surface area contributed by atoms with Gasteiger partial charge < -0.3 is 9.15 Å². The highest BCUT2D eigenvalue weighted by atomic mass is 32.1. The van der Waals surface area contributed by atoms with Crippen molar-refractivity contribution in [2.45, 2.75) is 13.5 Å². The van der Waals surface area contributed by atoms with Crippen molar-refractivity contribution in [2.75, 3.05) is 0 Å². The van der Waals surface area contributed by atoms with E-state index in [1.165, 1.54) is 6.07 Å². The van der Waals surface area contributed by atoms with Gasteiger partial charge in [-0.1, -0.05) is 18.2 Å². The van der Waals surface area contributed by atoms with Crippen LogP contribution in [0.5, 0.6) is 5.75 Å².